The van der Waals surface area contributed by atoms with Gasteiger partial charge in [0.05, 0.1) is 10.6 Å². The predicted octanol–water partition coefficient (Wildman–Crippen LogP) is 6.10. The molecule has 40 heavy (non-hydrogen) atoms. The van der Waals surface area contributed by atoms with Crippen LogP contribution in [0.3, 0.4) is 0 Å². The summed E-state index contributed by atoms with van der Waals surface area (Å²) in [6, 6.07) is 17.7. The van der Waals surface area contributed by atoms with Gasteiger partial charge in [-0.2, -0.15) is 0 Å². The smallest absolute Gasteiger partial charge is 0.264 e. The van der Waals surface area contributed by atoms with Gasteiger partial charge in [0, 0.05) is 22.6 Å². The molecule has 0 saturated carbocycles. The Morgan fingerprint density at radius 3 is 2.23 bits per heavy atom. The Hall–Kier alpha value is -2.88. The highest BCUT2D eigenvalue weighted by Crippen LogP contribution is 2.27. The maximum atomic E-state index is 14.0. The molecule has 2 amide bonds. The van der Waals surface area contributed by atoms with E-state index in [9.17, 15) is 18.0 Å². The van der Waals surface area contributed by atoms with Crippen LogP contribution in [0.15, 0.2) is 76.1 Å². The minimum Gasteiger partial charge on any atom is -0.354 e. The number of carbonyl (C=O) groups excluding carboxylic acids is 2. The SMILES string of the molecule is Cc1ccc(N(CC(=O)N(Cc2cccc(Br)c2)[C@H](C)C(=O)NCC(C)C)S(=O)(=O)c2ccc(Cl)cc2)cc1C. The molecule has 0 saturated heterocycles. The molecule has 0 aliphatic carbocycles. The van der Waals surface area contributed by atoms with E-state index in [0.717, 1.165) is 25.5 Å². The van der Waals surface area contributed by atoms with E-state index in [-0.39, 0.29) is 23.3 Å². The minimum absolute atomic E-state index is 0.00388. The molecule has 0 radical (unpaired) electrons. The van der Waals surface area contributed by atoms with Crippen molar-refractivity contribution in [2.45, 2.75) is 52.1 Å². The Bertz CT molecular complexity index is 1460. The van der Waals surface area contributed by atoms with Crippen LogP contribution in [-0.2, 0) is 26.2 Å². The van der Waals surface area contributed by atoms with Crippen molar-refractivity contribution in [1.29, 1.82) is 0 Å². The normalized spacial score (nSPS) is 12.2. The molecule has 0 aliphatic heterocycles. The number of amides is 2. The summed E-state index contributed by atoms with van der Waals surface area (Å²) in [5.74, 6) is -0.589. The van der Waals surface area contributed by atoms with E-state index in [0.29, 0.717) is 17.3 Å². The largest absolute Gasteiger partial charge is 0.354 e. The van der Waals surface area contributed by atoms with Gasteiger partial charge in [-0.25, -0.2) is 8.42 Å². The average Bonchev–Trinajstić information content (AvgIpc) is 2.90. The molecule has 0 aromatic heterocycles. The lowest BCUT2D eigenvalue weighted by Gasteiger charge is -2.32. The van der Waals surface area contributed by atoms with Crippen LogP contribution in [0.4, 0.5) is 5.69 Å². The van der Waals surface area contributed by atoms with Crippen molar-refractivity contribution in [3.05, 3.63) is 92.9 Å². The molecule has 3 aromatic carbocycles. The zero-order valence-electron chi connectivity index (χ0n) is 23.3. The lowest BCUT2D eigenvalue weighted by atomic mass is 10.1. The summed E-state index contributed by atoms with van der Waals surface area (Å²) in [4.78, 5) is 28.5. The van der Waals surface area contributed by atoms with E-state index in [1.807, 2.05) is 58.0 Å². The maximum absolute atomic E-state index is 14.0. The zero-order valence-corrected chi connectivity index (χ0v) is 26.5. The molecule has 214 valence electrons. The van der Waals surface area contributed by atoms with Crippen LogP contribution in [0, 0.1) is 19.8 Å². The minimum atomic E-state index is -4.16. The van der Waals surface area contributed by atoms with E-state index in [1.165, 1.54) is 29.2 Å². The summed E-state index contributed by atoms with van der Waals surface area (Å²) in [7, 11) is -4.16. The Kier molecular flexibility index (Phi) is 10.8. The van der Waals surface area contributed by atoms with Crippen molar-refractivity contribution in [2.24, 2.45) is 5.92 Å². The third-order valence-corrected chi connectivity index (χ3v) is 9.09. The van der Waals surface area contributed by atoms with Gasteiger partial charge < -0.3 is 10.2 Å². The van der Waals surface area contributed by atoms with Crippen LogP contribution in [0.25, 0.3) is 0 Å². The van der Waals surface area contributed by atoms with Crippen molar-refractivity contribution < 1.29 is 18.0 Å². The average molecular weight is 649 g/mol. The summed E-state index contributed by atoms with van der Waals surface area (Å²) in [5, 5.41) is 3.29. The van der Waals surface area contributed by atoms with Crippen LogP contribution in [-0.4, -0.2) is 44.3 Å². The van der Waals surface area contributed by atoms with Crippen LogP contribution >= 0.6 is 27.5 Å². The van der Waals surface area contributed by atoms with Gasteiger partial charge in [-0.1, -0.05) is 59.6 Å². The van der Waals surface area contributed by atoms with Gasteiger partial charge in [-0.15, -0.1) is 0 Å². The summed E-state index contributed by atoms with van der Waals surface area (Å²) in [6.07, 6.45) is 0. The second-order valence-electron chi connectivity index (χ2n) is 10.2. The lowest BCUT2D eigenvalue weighted by molar-refractivity contribution is -0.139. The molecule has 7 nitrogen and oxygen atoms in total. The summed E-state index contributed by atoms with van der Waals surface area (Å²) in [5.41, 5.74) is 3.02. The first kappa shape index (κ1) is 31.6. The number of halogens is 2. The monoisotopic (exact) mass is 647 g/mol. The van der Waals surface area contributed by atoms with Gasteiger partial charge in [0.2, 0.25) is 11.8 Å². The summed E-state index contributed by atoms with van der Waals surface area (Å²) in [6.45, 7) is 9.52. The highest BCUT2D eigenvalue weighted by molar-refractivity contribution is 9.10. The Morgan fingerprint density at radius 1 is 0.950 bits per heavy atom. The maximum Gasteiger partial charge on any atom is 0.264 e. The first-order valence-corrected chi connectivity index (χ1v) is 15.6. The number of aryl methyl sites for hydroxylation is 2. The van der Waals surface area contributed by atoms with Gasteiger partial charge in [-0.3, -0.25) is 13.9 Å². The Labute approximate surface area is 250 Å². The van der Waals surface area contributed by atoms with Crippen LogP contribution in [0.2, 0.25) is 5.02 Å². The fourth-order valence-corrected chi connectivity index (χ4v) is 5.99. The predicted molar refractivity (Wildman–Crippen MR) is 164 cm³/mol. The first-order chi connectivity index (χ1) is 18.8. The van der Waals surface area contributed by atoms with Crippen molar-refractivity contribution in [3.8, 4) is 0 Å². The molecule has 0 heterocycles. The highest BCUT2D eigenvalue weighted by atomic mass is 79.9. The van der Waals surface area contributed by atoms with Crippen LogP contribution in [0.5, 0.6) is 0 Å². The van der Waals surface area contributed by atoms with Gasteiger partial charge in [-0.05, 0) is 91.9 Å². The molecular formula is C30H35BrClN3O4S. The summed E-state index contributed by atoms with van der Waals surface area (Å²) < 4.78 is 29.7. The molecule has 0 aliphatic rings. The molecule has 0 unspecified atom stereocenters. The number of hydrogen-bond acceptors (Lipinski definition) is 4. The van der Waals surface area contributed by atoms with Crippen LogP contribution in [0.1, 0.15) is 37.5 Å². The van der Waals surface area contributed by atoms with Crippen molar-refractivity contribution >= 4 is 55.1 Å². The van der Waals surface area contributed by atoms with Crippen LogP contribution < -0.4 is 9.62 Å². The van der Waals surface area contributed by atoms with Gasteiger partial charge in [0.1, 0.15) is 12.6 Å². The second kappa shape index (κ2) is 13.7. The number of sulfonamides is 1. The molecule has 0 fully saturated rings. The number of nitrogens with zero attached hydrogens (tertiary/aromatic N) is 2. The number of anilines is 1. The number of nitrogens with one attached hydrogen (secondary N) is 1. The second-order valence-corrected chi connectivity index (χ2v) is 13.4. The molecule has 0 spiro atoms. The number of rotatable bonds is 11. The van der Waals surface area contributed by atoms with E-state index in [2.05, 4.69) is 21.2 Å². The quantitative estimate of drug-likeness (QED) is 0.272. The molecule has 0 bridgehead atoms. The van der Waals surface area contributed by atoms with E-state index >= 15 is 0 Å². The number of hydrogen-bond donors (Lipinski definition) is 1. The molecule has 3 rings (SSSR count). The highest BCUT2D eigenvalue weighted by Gasteiger charge is 2.32. The van der Waals surface area contributed by atoms with Gasteiger partial charge in [0.15, 0.2) is 0 Å². The van der Waals surface area contributed by atoms with Crippen molar-refractivity contribution in [1.82, 2.24) is 10.2 Å². The molecule has 3 aromatic rings. The van der Waals surface area contributed by atoms with Gasteiger partial charge >= 0.3 is 0 Å². The van der Waals surface area contributed by atoms with E-state index < -0.39 is 28.5 Å². The fraction of sp³-hybridized carbons (Fsp3) is 0.333. The van der Waals surface area contributed by atoms with Crippen molar-refractivity contribution in [2.75, 3.05) is 17.4 Å². The van der Waals surface area contributed by atoms with Gasteiger partial charge in [0.25, 0.3) is 10.0 Å². The summed E-state index contributed by atoms with van der Waals surface area (Å²) >= 11 is 9.47. The lowest BCUT2D eigenvalue weighted by Crippen LogP contribution is -2.51. The number of carbonyl (C=O) groups is 2. The Morgan fingerprint density at radius 2 is 1.62 bits per heavy atom. The van der Waals surface area contributed by atoms with Crippen molar-refractivity contribution in [3.63, 3.8) is 0 Å². The molecular weight excluding hydrogens is 614 g/mol. The molecule has 1 atom stereocenters. The standard InChI is InChI=1S/C30H35BrClN3O4S/c1-20(2)17-33-30(37)23(5)34(18-24-7-6-8-25(31)16-24)29(36)19-35(27-12-9-21(3)22(4)15-27)40(38,39)28-13-10-26(32)11-14-28/h6-16,20,23H,17-19H2,1-5H3,(H,33,37)/t23-/m1/s1. The third-order valence-electron chi connectivity index (χ3n) is 6.55. The molecule has 1 N–H and O–H groups in total. The fourth-order valence-electron chi connectivity index (χ4n) is 4.01. The van der Waals surface area contributed by atoms with E-state index in [4.69, 9.17) is 11.6 Å². The molecule has 10 heteroatoms. The number of benzene rings is 3. The van der Waals surface area contributed by atoms with E-state index in [1.54, 1.807) is 19.1 Å². The topological polar surface area (TPSA) is 86.8 Å². The first-order valence-electron chi connectivity index (χ1n) is 13.0. The zero-order chi connectivity index (χ0) is 29.6. The third kappa shape index (κ3) is 8.08. The Balaban J connectivity index is 2.04.